The number of nitrogens with zero attached hydrogens (tertiary/aromatic N) is 5. The molecule has 1 aromatic carbocycles. The maximum Gasteiger partial charge on any atom is 0.225 e. The highest BCUT2D eigenvalue weighted by Crippen LogP contribution is 2.30. The Kier molecular flexibility index (Phi) is 3.93. The fraction of sp³-hybridized carbons (Fsp3) is 0.353. The van der Waals surface area contributed by atoms with Crippen LogP contribution in [0.25, 0.3) is 10.2 Å². The van der Waals surface area contributed by atoms with Crippen LogP contribution in [0.4, 0.5) is 11.1 Å². The number of ether oxygens (including phenoxy) is 1. The number of anilines is 2. The van der Waals surface area contributed by atoms with Crippen molar-refractivity contribution in [3.05, 3.63) is 36.2 Å². The highest BCUT2D eigenvalue weighted by molar-refractivity contribution is 7.22. The predicted octanol–water partition coefficient (Wildman–Crippen LogP) is 2.73. The summed E-state index contributed by atoms with van der Waals surface area (Å²) in [5.41, 5.74) is 2.36. The molecular weight excluding hydrogens is 322 g/mol. The third-order valence-corrected chi connectivity index (χ3v) is 5.29. The highest BCUT2D eigenvalue weighted by atomic mass is 32.1. The average molecular weight is 341 g/mol. The number of aryl methyl sites for hydroxylation is 1. The lowest BCUT2D eigenvalue weighted by molar-refractivity contribution is 0.410. The van der Waals surface area contributed by atoms with Crippen LogP contribution in [0.1, 0.15) is 5.56 Å². The van der Waals surface area contributed by atoms with E-state index in [-0.39, 0.29) is 0 Å². The van der Waals surface area contributed by atoms with Gasteiger partial charge in [-0.2, -0.15) is 0 Å². The average Bonchev–Trinajstić information content (AvgIpc) is 3.05. The molecule has 1 aliphatic heterocycles. The fourth-order valence-electron chi connectivity index (χ4n) is 2.83. The van der Waals surface area contributed by atoms with E-state index in [1.54, 1.807) is 30.8 Å². The van der Waals surface area contributed by atoms with Crippen LogP contribution < -0.4 is 14.5 Å². The summed E-state index contributed by atoms with van der Waals surface area (Å²) in [6.07, 6.45) is 3.43. The van der Waals surface area contributed by atoms with Gasteiger partial charge in [0.1, 0.15) is 0 Å². The van der Waals surface area contributed by atoms with Gasteiger partial charge in [-0.3, -0.25) is 0 Å². The van der Waals surface area contributed by atoms with Gasteiger partial charge in [0.05, 0.1) is 29.7 Å². The van der Waals surface area contributed by atoms with Gasteiger partial charge in [-0.25, -0.2) is 15.0 Å². The largest absolute Gasteiger partial charge is 0.494 e. The Morgan fingerprint density at radius 2 is 1.75 bits per heavy atom. The molecule has 3 heterocycles. The smallest absolute Gasteiger partial charge is 0.225 e. The quantitative estimate of drug-likeness (QED) is 0.730. The van der Waals surface area contributed by atoms with Gasteiger partial charge >= 0.3 is 0 Å². The van der Waals surface area contributed by atoms with E-state index in [0.717, 1.165) is 42.8 Å². The molecule has 0 bridgehead atoms. The second-order valence-corrected chi connectivity index (χ2v) is 6.87. The number of aromatic nitrogens is 3. The molecule has 0 N–H and O–H groups in total. The lowest BCUT2D eigenvalue weighted by atomic mass is 10.2. The highest BCUT2D eigenvalue weighted by Gasteiger charge is 2.21. The molecule has 0 radical (unpaired) electrons. The SMILES string of the molecule is COc1cnc(N2CCN(c3nc4ccc(C)cc4s3)CC2)nc1. The van der Waals surface area contributed by atoms with Crippen LogP contribution >= 0.6 is 11.3 Å². The molecule has 0 amide bonds. The molecule has 0 spiro atoms. The molecule has 0 atom stereocenters. The topological polar surface area (TPSA) is 54.4 Å². The van der Waals surface area contributed by atoms with Crippen molar-refractivity contribution in [1.29, 1.82) is 0 Å². The molecule has 1 aliphatic rings. The third kappa shape index (κ3) is 2.87. The number of piperazine rings is 1. The standard InChI is InChI=1S/C17H19N5OS/c1-12-3-4-14-15(9-12)24-17(20-14)22-7-5-21(6-8-22)16-18-10-13(23-2)11-19-16/h3-4,9-11H,5-8H2,1-2H3. The third-order valence-electron chi connectivity index (χ3n) is 4.22. The first-order valence-electron chi connectivity index (χ1n) is 7.96. The van der Waals surface area contributed by atoms with Gasteiger partial charge in [0.25, 0.3) is 0 Å². The number of hydrogen-bond donors (Lipinski definition) is 0. The van der Waals surface area contributed by atoms with Crippen molar-refractivity contribution in [2.45, 2.75) is 6.92 Å². The molecule has 7 heteroatoms. The number of fused-ring (bicyclic) bond motifs is 1. The number of thiazole rings is 1. The van der Waals surface area contributed by atoms with E-state index in [4.69, 9.17) is 9.72 Å². The van der Waals surface area contributed by atoms with E-state index >= 15 is 0 Å². The lowest BCUT2D eigenvalue weighted by Crippen LogP contribution is -2.47. The maximum absolute atomic E-state index is 5.11. The first-order chi connectivity index (χ1) is 11.7. The van der Waals surface area contributed by atoms with Gasteiger partial charge < -0.3 is 14.5 Å². The van der Waals surface area contributed by atoms with Crippen molar-refractivity contribution in [2.24, 2.45) is 0 Å². The van der Waals surface area contributed by atoms with Crippen LogP contribution in [0, 0.1) is 6.92 Å². The van der Waals surface area contributed by atoms with E-state index in [0.29, 0.717) is 5.75 Å². The van der Waals surface area contributed by atoms with Crippen molar-refractivity contribution in [3.63, 3.8) is 0 Å². The van der Waals surface area contributed by atoms with Gasteiger partial charge in [-0.15, -0.1) is 0 Å². The van der Waals surface area contributed by atoms with E-state index in [2.05, 4.69) is 44.9 Å². The van der Waals surface area contributed by atoms with Crippen molar-refractivity contribution < 1.29 is 4.74 Å². The summed E-state index contributed by atoms with van der Waals surface area (Å²) in [6.45, 7) is 5.75. The second kappa shape index (κ2) is 6.24. The summed E-state index contributed by atoms with van der Waals surface area (Å²) in [5.74, 6) is 1.44. The summed E-state index contributed by atoms with van der Waals surface area (Å²) in [4.78, 5) is 18.1. The molecule has 1 saturated heterocycles. The summed E-state index contributed by atoms with van der Waals surface area (Å²) in [5, 5.41) is 1.10. The Balaban J connectivity index is 1.46. The van der Waals surface area contributed by atoms with Crippen LogP contribution in [-0.4, -0.2) is 48.2 Å². The Morgan fingerprint density at radius 3 is 2.46 bits per heavy atom. The molecule has 2 aromatic heterocycles. The molecule has 124 valence electrons. The van der Waals surface area contributed by atoms with Gasteiger partial charge in [-0.1, -0.05) is 17.4 Å². The zero-order chi connectivity index (χ0) is 16.5. The molecule has 4 rings (SSSR count). The molecule has 0 saturated carbocycles. The minimum Gasteiger partial charge on any atom is -0.494 e. The second-order valence-electron chi connectivity index (χ2n) is 5.86. The van der Waals surface area contributed by atoms with Crippen LogP contribution in [0.5, 0.6) is 5.75 Å². The van der Waals surface area contributed by atoms with E-state index < -0.39 is 0 Å². The minimum atomic E-state index is 0.683. The number of hydrogen-bond acceptors (Lipinski definition) is 7. The summed E-state index contributed by atoms with van der Waals surface area (Å²) < 4.78 is 6.37. The van der Waals surface area contributed by atoms with Crippen LogP contribution in [0.2, 0.25) is 0 Å². The van der Waals surface area contributed by atoms with Crippen LogP contribution in [0.15, 0.2) is 30.6 Å². The molecular formula is C17H19N5OS. The van der Waals surface area contributed by atoms with Crippen LogP contribution in [-0.2, 0) is 0 Å². The molecule has 3 aromatic rings. The lowest BCUT2D eigenvalue weighted by Gasteiger charge is -2.34. The van der Waals surface area contributed by atoms with Gasteiger partial charge in [-0.05, 0) is 24.6 Å². The van der Waals surface area contributed by atoms with Crippen LogP contribution in [0.3, 0.4) is 0 Å². The van der Waals surface area contributed by atoms with E-state index in [1.807, 2.05) is 0 Å². The minimum absolute atomic E-state index is 0.683. The summed E-state index contributed by atoms with van der Waals surface area (Å²) in [7, 11) is 1.62. The van der Waals surface area contributed by atoms with Crippen molar-refractivity contribution >= 4 is 32.6 Å². The monoisotopic (exact) mass is 341 g/mol. The molecule has 0 unspecified atom stereocenters. The molecule has 0 aliphatic carbocycles. The molecule has 6 nitrogen and oxygen atoms in total. The fourth-order valence-corrected chi connectivity index (χ4v) is 3.95. The van der Waals surface area contributed by atoms with Gasteiger partial charge in [0.2, 0.25) is 5.95 Å². The summed E-state index contributed by atoms with van der Waals surface area (Å²) in [6, 6.07) is 6.43. The normalized spacial score (nSPS) is 15.1. The first kappa shape index (κ1) is 15.1. The van der Waals surface area contributed by atoms with E-state index in [9.17, 15) is 0 Å². The Bertz CT molecular complexity index is 840. The molecule has 24 heavy (non-hydrogen) atoms. The maximum atomic E-state index is 5.11. The van der Waals surface area contributed by atoms with E-state index in [1.165, 1.54) is 10.3 Å². The number of methoxy groups -OCH3 is 1. The van der Waals surface area contributed by atoms with Gasteiger partial charge in [0.15, 0.2) is 10.9 Å². The van der Waals surface area contributed by atoms with Crippen molar-refractivity contribution in [3.8, 4) is 5.75 Å². The zero-order valence-corrected chi connectivity index (χ0v) is 14.6. The van der Waals surface area contributed by atoms with Gasteiger partial charge in [0, 0.05) is 26.2 Å². The number of benzene rings is 1. The molecule has 1 fully saturated rings. The number of rotatable bonds is 3. The Labute approximate surface area is 144 Å². The first-order valence-corrected chi connectivity index (χ1v) is 8.78. The zero-order valence-electron chi connectivity index (χ0n) is 13.8. The van der Waals surface area contributed by atoms with Crippen molar-refractivity contribution in [2.75, 3.05) is 43.1 Å². The predicted molar refractivity (Wildman–Crippen MR) is 97.4 cm³/mol. The summed E-state index contributed by atoms with van der Waals surface area (Å²) >= 11 is 1.77. The Hall–Kier alpha value is -2.41. The van der Waals surface area contributed by atoms with Crippen molar-refractivity contribution in [1.82, 2.24) is 15.0 Å². The Morgan fingerprint density at radius 1 is 1.04 bits per heavy atom.